The first-order valence-electron chi connectivity index (χ1n) is 5.78. The van der Waals surface area contributed by atoms with Crippen LogP contribution in [-0.4, -0.2) is 36.0 Å². The zero-order chi connectivity index (χ0) is 12.5. The van der Waals surface area contributed by atoms with Gasteiger partial charge in [0.15, 0.2) is 5.03 Å². The average molecular weight is 258 g/mol. The Balaban J connectivity index is 2.25. The van der Waals surface area contributed by atoms with Crippen LogP contribution in [0, 0.1) is 5.92 Å². The predicted octanol–water partition coefficient (Wildman–Crippen LogP) is 0.289. The normalized spacial score (nSPS) is 19.6. The van der Waals surface area contributed by atoms with Gasteiger partial charge in [0.2, 0.25) is 0 Å². The lowest BCUT2D eigenvalue weighted by atomic mass is 10.0. The molecule has 2 heterocycles. The van der Waals surface area contributed by atoms with Crippen LogP contribution in [0.2, 0.25) is 0 Å². The quantitative estimate of drug-likeness (QED) is 0.815. The van der Waals surface area contributed by atoms with Gasteiger partial charge in [-0.05, 0) is 18.8 Å². The molecular formula is C10H18N4O2S. The third-order valence-corrected chi connectivity index (χ3v) is 5.15. The van der Waals surface area contributed by atoms with Gasteiger partial charge in [0, 0.05) is 25.2 Å². The van der Waals surface area contributed by atoms with Crippen molar-refractivity contribution in [2.75, 3.05) is 13.1 Å². The molecule has 0 radical (unpaired) electrons. The van der Waals surface area contributed by atoms with Gasteiger partial charge in [-0.2, -0.15) is 9.40 Å². The lowest BCUT2D eigenvalue weighted by Crippen LogP contribution is -2.38. The maximum atomic E-state index is 12.3. The molecule has 17 heavy (non-hydrogen) atoms. The van der Waals surface area contributed by atoms with Gasteiger partial charge in [-0.15, -0.1) is 0 Å². The summed E-state index contributed by atoms with van der Waals surface area (Å²) in [7, 11) is -3.45. The Morgan fingerprint density at radius 1 is 1.53 bits per heavy atom. The summed E-state index contributed by atoms with van der Waals surface area (Å²) < 4.78 is 26.2. The first-order valence-corrected chi connectivity index (χ1v) is 7.22. The largest absolute Gasteiger partial charge is 0.326 e. The van der Waals surface area contributed by atoms with E-state index in [9.17, 15) is 8.42 Å². The van der Waals surface area contributed by atoms with Gasteiger partial charge in [0.1, 0.15) is 0 Å². The fourth-order valence-corrected chi connectivity index (χ4v) is 3.61. The van der Waals surface area contributed by atoms with E-state index < -0.39 is 10.0 Å². The SMILES string of the molecule is CC1CCN(S(=O)(=O)c2[nH]ncc2CN)CC1. The van der Waals surface area contributed by atoms with Crippen LogP contribution in [0.1, 0.15) is 25.3 Å². The minimum absolute atomic E-state index is 0.148. The maximum Gasteiger partial charge on any atom is 0.260 e. The van der Waals surface area contributed by atoms with Gasteiger partial charge >= 0.3 is 0 Å². The van der Waals surface area contributed by atoms with Gasteiger partial charge in [-0.1, -0.05) is 6.92 Å². The fourth-order valence-electron chi connectivity index (χ4n) is 2.02. The summed E-state index contributed by atoms with van der Waals surface area (Å²) >= 11 is 0. The standard InChI is InChI=1S/C10H18N4O2S/c1-8-2-4-14(5-3-8)17(15,16)10-9(6-11)7-12-13-10/h7-8H,2-6,11H2,1H3,(H,12,13). The van der Waals surface area contributed by atoms with E-state index >= 15 is 0 Å². The number of piperidine rings is 1. The van der Waals surface area contributed by atoms with Crippen molar-refractivity contribution in [1.29, 1.82) is 0 Å². The van der Waals surface area contributed by atoms with E-state index in [1.807, 2.05) is 0 Å². The average Bonchev–Trinajstić information content (AvgIpc) is 2.78. The van der Waals surface area contributed by atoms with Crippen molar-refractivity contribution in [3.8, 4) is 0 Å². The zero-order valence-corrected chi connectivity index (χ0v) is 10.7. The van der Waals surface area contributed by atoms with Crippen LogP contribution in [0.5, 0.6) is 0 Å². The summed E-state index contributed by atoms with van der Waals surface area (Å²) in [5.74, 6) is 0.595. The van der Waals surface area contributed by atoms with Crippen LogP contribution in [0.4, 0.5) is 0 Å². The van der Waals surface area contributed by atoms with Gasteiger partial charge in [-0.25, -0.2) is 8.42 Å². The number of H-pyrrole nitrogens is 1. The van der Waals surface area contributed by atoms with Gasteiger partial charge < -0.3 is 5.73 Å². The van der Waals surface area contributed by atoms with Crippen molar-refractivity contribution in [2.24, 2.45) is 11.7 Å². The highest BCUT2D eigenvalue weighted by Gasteiger charge is 2.30. The first-order chi connectivity index (χ1) is 8.05. The molecule has 1 aliphatic rings. The molecule has 96 valence electrons. The molecule has 1 saturated heterocycles. The van der Waals surface area contributed by atoms with Crippen molar-refractivity contribution in [3.05, 3.63) is 11.8 Å². The second-order valence-corrected chi connectivity index (χ2v) is 6.39. The number of sulfonamides is 1. The third kappa shape index (κ3) is 2.36. The molecule has 1 aromatic rings. The number of nitrogens with zero attached hydrogens (tertiary/aromatic N) is 2. The van der Waals surface area contributed by atoms with E-state index in [2.05, 4.69) is 17.1 Å². The van der Waals surface area contributed by atoms with Crippen molar-refractivity contribution in [1.82, 2.24) is 14.5 Å². The Kier molecular flexibility index (Phi) is 3.50. The highest BCUT2D eigenvalue weighted by Crippen LogP contribution is 2.23. The van der Waals surface area contributed by atoms with Crippen LogP contribution in [0.3, 0.4) is 0 Å². The minimum Gasteiger partial charge on any atom is -0.326 e. The van der Waals surface area contributed by atoms with Crippen molar-refractivity contribution < 1.29 is 8.42 Å². The topological polar surface area (TPSA) is 92.1 Å². The number of hydrogen-bond acceptors (Lipinski definition) is 4. The molecule has 0 spiro atoms. The van der Waals surface area contributed by atoms with E-state index in [0.717, 1.165) is 12.8 Å². The number of nitrogens with two attached hydrogens (primary N) is 1. The summed E-state index contributed by atoms with van der Waals surface area (Å²) in [6.45, 7) is 3.47. The smallest absolute Gasteiger partial charge is 0.260 e. The molecule has 6 nitrogen and oxygen atoms in total. The molecule has 0 saturated carbocycles. The van der Waals surface area contributed by atoms with E-state index in [-0.39, 0.29) is 11.6 Å². The molecule has 7 heteroatoms. The summed E-state index contributed by atoms with van der Waals surface area (Å²) in [5.41, 5.74) is 6.05. The molecule has 0 aromatic carbocycles. The molecule has 2 rings (SSSR count). The van der Waals surface area contributed by atoms with E-state index in [0.29, 0.717) is 24.6 Å². The van der Waals surface area contributed by atoms with Crippen molar-refractivity contribution in [2.45, 2.75) is 31.3 Å². The molecule has 0 atom stereocenters. The Labute approximate surface area is 101 Å². The molecule has 1 aliphatic heterocycles. The number of aromatic nitrogens is 2. The summed E-state index contributed by atoms with van der Waals surface area (Å²) in [6.07, 6.45) is 3.29. The molecule has 3 N–H and O–H groups in total. The van der Waals surface area contributed by atoms with Crippen LogP contribution in [0.25, 0.3) is 0 Å². The van der Waals surface area contributed by atoms with E-state index in [4.69, 9.17) is 5.73 Å². The van der Waals surface area contributed by atoms with Gasteiger partial charge in [0.25, 0.3) is 10.0 Å². The van der Waals surface area contributed by atoms with Crippen LogP contribution in [0.15, 0.2) is 11.2 Å². The molecule has 0 amide bonds. The second-order valence-electron chi connectivity index (χ2n) is 4.52. The van der Waals surface area contributed by atoms with Crippen molar-refractivity contribution in [3.63, 3.8) is 0 Å². The first kappa shape index (κ1) is 12.5. The van der Waals surface area contributed by atoms with Gasteiger partial charge in [-0.3, -0.25) is 5.10 Å². The number of nitrogens with one attached hydrogen (secondary N) is 1. The maximum absolute atomic E-state index is 12.3. The Morgan fingerprint density at radius 2 is 2.18 bits per heavy atom. The molecule has 0 unspecified atom stereocenters. The molecule has 1 fully saturated rings. The molecular weight excluding hydrogens is 240 g/mol. The predicted molar refractivity (Wildman–Crippen MR) is 63.6 cm³/mol. The van der Waals surface area contributed by atoms with Gasteiger partial charge in [0.05, 0.1) is 6.20 Å². The highest BCUT2D eigenvalue weighted by molar-refractivity contribution is 7.89. The van der Waals surface area contributed by atoms with Crippen LogP contribution >= 0.6 is 0 Å². The van der Waals surface area contributed by atoms with E-state index in [1.54, 1.807) is 0 Å². The molecule has 0 aliphatic carbocycles. The number of rotatable bonds is 3. The third-order valence-electron chi connectivity index (χ3n) is 3.24. The van der Waals surface area contributed by atoms with Crippen LogP contribution in [-0.2, 0) is 16.6 Å². The Bertz CT molecular complexity index is 474. The highest BCUT2D eigenvalue weighted by atomic mass is 32.2. The van der Waals surface area contributed by atoms with E-state index in [1.165, 1.54) is 10.5 Å². The fraction of sp³-hybridized carbons (Fsp3) is 0.700. The van der Waals surface area contributed by atoms with Crippen molar-refractivity contribution >= 4 is 10.0 Å². The summed E-state index contributed by atoms with van der Waals surface area (Å²) in [6, 6.07) is 0. The lowest BCUT2D eigenvalue weighted by Gasteiger charge is -2.29. The monoisotopic (exact) mass is 258 g/mol. The number of aromatic amines is 1. The Hall–Kier alpha value is -0.920. The molecule has 0 bridgehead atoms. The minimum atomic E-state index is -3.45. The summed E-state index contributed by atoms with van der Waals surface area (Å²) in [4.78, 5) is 0. The summed E-state index contributed by atoms with van der Waals surface area (Å²) in [5, 5.41) is 6.45. The Morgan fingerprint density at radius 3 is 2.76 bits per heavy atom. The zero-order valence-electron chi connectivity index (χ0n) is 9.89. The second kappa shape index (κ2) is 4.75. The van der Waals surface area contributed by atoms with Crippen LogP contribution < -0.4 is 5.73 Å². The molecule has 1 aromatic heterocycles. The number of hydrogen-bond donors (Lipinski definition) is 2. The lowest BCUT2D eigenvalue weighted by molar-refractivity contribution is 0.287.